The van der Waals surface area contributed by atoms with Crippen molar-refractivity contribution in [3.8, 4) is 5.75 Å². The van der Waals surface area contributed by atoms with Crippen LogP contribution in [0.25, 0.3) is 10.9 Å². The second-order valence-electron chi connectivity index (χ2n) is 9.43. The fraction of sp³-hybridized carbons (Fsp3) is 0.458. The van der Waals surface area contributed by atoms with E-state index < -0.39 is 6.55 Å². The number of amides is 1. The molecule has 0 bridgehead atoms. The maximum atomic E-state index is 13.7. The Morgan fingerprint density at radius 2 is 1.97 bits per heavy atom. The molecule has 2 aromatic heterocycles. The van der Waals surface area contributed by atoms with Crippen LogP contribution in [0, 0.1) is 35.4 Å². The van der Waals surface area contributed by atoms with Crippen LogP contribution in [0.4, 0.5) is 18.9 Å². The van der Waals surface area contributed by atoms with Gasteiger partial charge in [-0.1, -0.05) is 0 Å². The first-order valence-corrected chi connectivity index (χ1v) is 11.3. The highest BCUT2D eigenvalue weighted by molar-refractivity contribution is 5.93. The van der Waals surface area contributed by atoms with Crippen molar-refractivity contribution in [3.63, 3.8) is 0 Å². The molecular weight excluding hydrogens is 433 g/mol. The van der Waals surface area contributed by atoms with Crippen LogP contribution in [0.15, 0.2) is 42.9 Å². The van der Waals surface area contributed by atoms with Crippen molar-refractivity contribution in [2.24, 2.45) is 29.6 Å². The highest BCUT2D eigenvalue weighted by atomic mass is 19.3. The predicted molar refractivity (Wildman–Crippen MR) is 114 cm³/mol. The van der Waals surface area contributed by atoms with Crippen molar-refractivity contribution in [1.29, 1.82) is 0 Å². The van der Waals surface area contributed by atoms with Crippen LogP contribution in [-0.4, -0.2) is 26.8 Å². The summed E-state index contributed by atoms with van der Waals surface area (Å²) < 4.78 is 46.0. The standard InChI is InChI=1S/C24H23F3N4O2/c25-13-3-4-19-18(7-13)20(5-6-28-19)33-15-8-16-17(9-15)22(16)21(12-1-2-12)23(32)30-14-10-29-31(11-14)24(26)27/h3-7,10-12,15-17,21-22,24H,1-2,8-9H2,(H,30,32)/t15-,16+,17-,21?,22-. The second kappa shape index (κ2) is 7.74. The molecule has 3 aromatic rings. The number of aromatic nitrogens is 3. The monoisotopic (exact) mass is 456 g/mol. The first kappa shape index (κ1) is 20.5. The van der Waals surface area contributed by atoms with Crippen molar-refractivity contribution in [3.05, 3.63) is 48.7 Å². The first-order chi connectivity index (χ1) is 16.0. The smallest absolute Gasteiger partial charge is 0.333 e. The summed E-state index contributed by atoms with van der Waals surface area (Å²) in [6.45, 7) is -2.73. The summed E-state index contributed by atoms with van der Waals surface area (Å²) in [7, 11) is 0. The van der Waals surface area contributed by atoms with Gasteiger partial charge in [0.2, 0.25) is 5.91 Å². The molecule has 33 heavy (non-hydrogen) atoms. The highest BCUT2D eigenvalue weighted by Gasteiger charge is 2.63. The van der Waals surface area contributed by atoms with Gasteiger partial charge in [-0.15, -0.1) is 0 Å². The summed E-state index contributed by atoms with van der Waals surface area (Å²) in [5, 5.41) is 7.05. The highest BCUT2D eigenvalue weighted by Crippen LogP contribution is 2.64. The van der Waals surface area contributed by atoms with E-state index in [9.17, 15) is 18.0 Å². The van der Waals surface area contributed by atoms with E-state index in [1.807, 2.05) is 0 Å². The number of rotatable bonds is 7. The number of pyridine rings is 1. The Labute approximate surface area is 188 Å². The Bertz CT molecular complexity index is 1200. The number of nitrogens with one attached hydrogen (secondary N) is 1. The number of carbonyl (C=O) groups is 1. The molecule has 3 aliphatic rings. The lowest BCUT2D eigenvalue weighted by Gasteiger charge is -2.22. The number of anilines is 1. The SMILES string of the molecule is O=C(Nc1cnn(C(F)F)c1)C(C1CC1)[C@H]1[C@@H]2C[C@H](Oc3ccnc4ccc(F)cc34)C[C@@H]21. The van der Waals surface area contributed by atoms with E-state index in [2.05, 4.69) is 15.4 Å². The topological polar surface area (TPSA) is 69.0 Å². The number of hydrogen-bond acceptors (Lipinski definition) is 4. The Kier molecular flexibility index (Phi) is 4.81. The van der Waals surface area contributed by atoms with Crippen molar-refractivity contribution in [1.82, 2.24) is 14.8 Å². The zero-order valence-electron chi connectivity index (χ0n) is 17.7. The lowest BCUT2D eigenvalue weighted by atomic mass is 9.91. The third kappa shape index (κ3) is 3.83. The summed E-state index contributed by atoms with van der Waals surface area (Å²) in [5.74, 6) is 1.60. The van der Waals surface area contributed by atoms with Crippen LogP contribution < -0.4 is 10.1 Å². The quantitative estimate of drug-likeness (QED) is 0.541. The molecule has 9 heteroatoms. The van der Waals surface area contributed by atoms with Crippen molar-refractivity contribution in [2.75, 3.05) is 5.32 Å². The van der Waals surface area contributed by atoms with Gasteiger partial charge < -0.3 is 10.1 Å². The number of hydrogen-bond donors (Lipinski definition) is 1. The van der Waals surface area contributed by atoms with Gasteiger partial charge in [0, 0.05) is 17.5 Å². The number of carbonyl (C=O) groups excluding carboxylic acids is 1. The minimum absolute atomic E-state index is 0.0253. The minimum atomic E-state index is -2.73. The minimum Gasteiger partial charge on any atom is -0.490 e. The molecule has 1 N–H and O–H groups in total. The normalized spacial score (nSPS) is 26.9. The zero-order valence-corrected chi connectivity index (χ0v) is 17.7. The van der Waals surface area contributed by atoms with Crippen LogP contribution >= 0.6 is 0 Å². The molecule has 1 aromatic carbocycles. The molecule has 6 rings (SSSR count). The number of benzene rings is 1. The summed E-state index contributed by atoms with van der Waals surface area (Å²) in [5.41, 5.74) is 0.991. The molecule has 3 fully saturated rings. The third-order valence-corrected chi connectivity index (χ3v) is 7.34. The zero-order chi connectivity index (χ0) is 22.7. The van der Waals surface area contributed by atoms with Crippen LogP contribution in [0.5, 0.6) is 5.75 Å². The van der Waals surface area contributed by atoms with E-state index in [4.69, 9.17) is 4.74 Å². The average molecular weight is 456 g/mol. The second-order valence-corrected chi connectivity index (χ2v) is 9.43. The van der Waals surface area contributed by atoms with Gasteiger partial charge >= 0.3 is 6.55 Å². The summed E-state index contributed by atoms with van der Waals surface area (Å²) in [6, 6.07) is 6.24. The van der Waals surface area contributed by atoms with E-state index in [1.54, 1.807) is 18.3 Å². The summed E-state index contributed by atoms with van der Waals surface area (Å²) in [4.78, 5) is 17.3. The summed E-state index contributed by atoms with van der Waals surface area (Å²) >= 11 is 0. The van der Waals surface area contributed by atoms with Crippen LogP contribution in [0.3, 0.4) is 0 Å². The Balaban J connectivity index is 1.11. The first-order valence-electron chi connectivity index (χ1n) is 11.3. The number of fused-ring (bicyclic) bond motifs is 2. The molecule has 0 aliphatic heterocycles. The molecule has 0 spiro atoms. The molecule has 3 saturated carbocycles. The number of ether oxygens (including phenoxy) is 1. The molecule has 5 atom stereocenters. The van der Waals surface area contributed by atoms with Gasteiger partial charge in [-0.2, -0.15) is 13.9 Å². The summed E-state index contributed by atoms with van der Waals surface area (Å²) in [6.07, 6.45) is 7.87. The van der Waals surface area contributed by atoms with Gasteiger partial charge in [0.25, 0.3) is 0 Å². The maximum absolute atomic E-state index is 13.7. The average Bonchev–Trinajstić information content (AvgIpc) is 3.62. The molecule has 1 amide bonds. The van der Waals surface area contributed by atoms with E-state index in [-0.39, 0.29) is 23.7 Å². The Morgan fingerprint density at radius 3 is 2.67 bits per heavy atom. The van der Waals surface area contributed by atoms with E-state index >= 15 is 0 Å². The van der Waals surface area contributed by atoms with Gasteiger partial charge in [-0.05, 0) is 73.6 Å². The van der Waals surface area contributed by atoms with Crippen molar-refractivity contribution >= 4 is 22.5 Å². The molecule has 0 radical (unpaired) electrons. The lowest BCUT2D eigenvalue weighted by Crippen LogP contribution is -2.29. The molecule has 1 unspecified atom stereocenters. The third-order valence-electron chi connectivity index (χ3n) is 7.34. The molecule has 172 valence electrons. The van der Waals surface area contributed by atoms with Crippen LogP contribution in [-0.2, 0) is 4.79 Å². The molecular formula is C24H23F3N4O2. The van der Waals surface area contributed by atoms with E-state index in [1.165, 1.54) is 18.3 Å². The van der Waals surface area contributed by atoms with Gasteiger partial charge in [0.1, 0.15) is 11.6 Å². The fourth-order valence-electron chi connectivity index (χ4n) is 5.74. The molecule has 6 nitrogen and oxygen atoms in total. The van der Waals surface area contributed by atoms with E-state index in [0.717, 1.165) is 31.9 Å². The maximum Gasteiger partial charge on any atom is 0.333 e. The Morgan fingerprint density at radius 1 is 1.18 bits per heavy atom. The van der Waals surface area contributed by atoms with Gasteiger partial charge in [0.05, 0.1) is 29.7 Å². The Hall–Kier alpha value is -3.10. The molecule has 0 saturated heterocycles. The number of alkyl halides is 2. The van der Waals surface area contributed by atoms with Crippen LogP contribution in [0.2, 0.25) is 0 Å². The van der Waals surface area contributed by atoms with Crippen molar-refractivity contribution in [2.45, 2.75) is 38.3 Å². The van der Waals surface area contributed by atoms with Crippen LogP contribution in [0.1, 0.15) is 32.2 Å². The van der Waals surface area contributed by atoms with Crippen molar-refractivity contribution < 1.29 is 22.7 Å². The van der Waals surface area contributed by atoms with Gasteiger partial charge in [-0.25, -0.2) is 9.07 Å². The lowest BCUT2D eigenvalue weighted by molar-refractivity contribution is -0.121. The van der Waals surface area contributed by atoms with Gasteiger partial charge in [0.15, 0.2) is 0 Å². The number of halogens is 3. The fourth-order valence-corrected chi connectivity index (χ4v) is 5.74. The largest absolute Gasteiger partial charge is 0.490 e. The molecule has 3 aliphatic carbocycles. The molecule has 2 heterocycles. The number of nitrogens with zero attached hydrogens (tertiary/aromatic N) is 3. The van der Waals surface area contributed by atoms with E-state index in [0.29, 0.717) is 50.7 Å². The predicted octanol–water partition coefficient (Wildman–Crippen LogP) is 5.03. The van der Waals surface area contributed by atoms with Gasteiger partial charge in [-0.3, -0.25) is 9.78 Å².